The first-order valence-corrected chi connectivity index (χ1v) is 13.5. The predicted molar refractivity (Wildman–Crippen MR) is 151 cm³/mol. The molecule has 2 unspecified atom stereocenters. The number of nitrogens with zero attached hydrogens (tertiary/aromatic N) is 1. The molecule has 2 aromatic carbocycles. The first-order chi connectivity index (χ1) is 17.8. The van der Waals surface area contributed by atoms with Crippen molar-refractivity contribution in [2.75, 3.05) is 0 Å². The van der Waals surface area contributed by atoms with E-state index in [1.807, 2.05) is 82.3 Å². The number of carbonyl (C=O) groups excluding carboxylic acids is 3. The van der Waals surface area contributed by atoms with E-state index >= 15 is 0 Å². The molecule has 0 fully saturated rings. The van der Waals surface area contributed by atoms with E-state index in [4.69, 9.17) is 4.74 Å². The Morgan fingerprint density at radius 2 is 1.50 bits per heavy atom. The highest BCUT2D eigenvalue weighted by Crippen LogP contribution is 2.27. The number of amides is 3. The summed E-state index contributed by atoms with van der Waals surface area (Å²) in [6, 6.07) is 15.4. The van der Waals surface area contributed by atoms with Gasteiger partial charge in [-0.2, -0.15) is 0 Å². The van der Waals surface area contributed by atoms with Crippen LogP contribution in [-0.4, -0.2) is 40.5 Å². The van der Waals surface area contributed by atoms with Gasteiger partial charge in [0.1, 0.15) is 17.7 Å². The summed E-state index contributed by atoms with van der Waals surface area (Å²) in [6.45, 7) is 15.5. The van der Waals surface area contributed by atoms with Gasteiger partial charge in [-0.15, -0.1) is 0 Å². The first kappa shape index (κ1) is 30.9. The van der Waals surface area contributed by atoms with Crippen molar-refractivity contribution >= 4 is 17.9 Å². The van der Waals surface area contributed by atoms with E-state index < -0.39 is 23.8 Å². The van der Waals surface area contributed by atoms with Crippen LogP contribution in [0.4, 0.5) is 4.79 Å². The number of carbonyl (C=O) groups is 3. The smallest absolute Gasteiger partial charge is 0.408 e. The lowest BCUT2D eigenvalue weighted by molar-refractivity contribution is -0.145. The SMILES string of the molecule is CCc1ccc(C(C(=O)NCc2ccccc2)N(C(=O)C(CC(C)C)NC(=O)OC(C)(C)C)C(C)C)cc1. The van der Waals surface area contributed by atoms with Crippen LogP contribution in [0.1, 0.15) is 84.5 Å². The fourth-order valence-electron chi connectivity index (χ4n) is 4.26. The summed E-state index contributed by atoms with van der Waals surface area (Å²) < 4.78 is 5.45. The summed E-state index contributed by atoms with van der Waals surface area (Å²) in [4.78, 5) is 42.1. The Labute approximate surface area is 228 Å². The lowest BCUT2D eigenvalue weighted by Crippen LogP contribution is -2.55. The van der Waals surface area contributed by atoms with Gasteiger partial charge in [0.2, 0.25) is 11.8 Å². The van der Waals surface area contributed by atoms with Crippen molar-refractivity contribution in [3.63, 3.8) is 0 Å². The molecule has 2 aromatic rings. The Hall–Kier alpha value is -3.35. The highest BCUT2D eigenvalue weighted by atomic mass is 16.6. The molecule has 38 heavy (non-hydrogen) atoms. The van der Waals surface area contributed by atoms with Crippen molar-refractivity contribution in [1.82, 2.24) is 15.5 Å². The average molecular weight is 524 g/mol. The molecule has 0 aliphatic carbocycles. The molecular weight excluding hydrogens is 478 g/mol. The van der Waals surface area contributed by atoms with Crippen LogP contribution in [0.5, 0.6) is 0 Å². The second-order valence-corrected chi connectivity index (χ2v) is 11.4. The molecule has 0 saturated heterocycles. The summed E-state index contributed by atoms with van der Waals surface area (Å²) in [6.07, 6.45) is 0.625. The molecule has 2 rings (SSSR count). The van der Waals surface area contributed by atoms with Gasteiger partial charge in [-0.25, -0.2) is 4.79 Å². The van der Waals surface area contributed by atoms with E-state index in [-0.39, 0.29) is 23.8 Å². The monoisotopic (exact) mass is 523 g/mol. The van der Waals surface area contributed by atoms with Crippen molar-refractivity contribution in [2.24, 2.45) is 5.92 Å². The van der Waals surface area contributed by atoms with E-state index in [0.717, 1.165) is 23.1 Å². The summed E-state index contributed by atoms with van der Waals surface area (Å²) in [5.41, 5.74) is 2.13. The number of nitrogens with one attached hydrogen (secondary N) is 2. The van der Waals surface area contributed by atoms with Crippen LogP contribution in [0.15, 0.2) is 54.6 Å². The normalized spacial score (nSPS) is 13.1. The van der Waals surface area contributed by atoms with Crippen LogP contribution in [0.3, 0.4) is 0 Å². The summed E-state index contributed by atoms with van der Waals surface area (Å²) in [7, 11) is 0. The van der Waals surface area contributed by atoms with Gasteiger partial charge >= 0.3 is 6.09 Å². The fraction of sp³-hybridized carbons (Fsp3) is 0.516. The van der Waals surface area contributed by atoms with Gasteiger partial charge in [0.25, 0.3) is 0 Å². The molecule has 7 nitrogen and oxygen atoms in total. The number of benzene rings is 2. The van der Waals surface area contributed by atoms with Crippen LogP contribution in [0.25, 0.3) is 0 Å². The first-order valence-electron chi connectivity index (χ1n) is 13.5. The molecule has 208 valence electrons. The van der Waals surface area contributed by atoms with E-state index in [1.165, 1.54) is 0 Å². The molecule has 0 aliphatic heterocycles. The number of alkyl carbamates (subject to hydrolysis) is 1. The number of rotatable bonds is 11. The van der Waals surface area contributed by atoms with Gasteiger partial charge in [0, 0.05) is 12.6 Å². The summed E-state index contributed by atoms with van der Waals surface area (Å²) in [5, 5.41) is 5.80. The van der Waals surface area contributed by atoms with Crippen LogP contribution in [0.2, 0.25) is 0 Å². The molecule has 7 heteroatoms. The number of aryl methyl sites for hydroxylation is 1. The number of hydrogen-bond donors (Lipinski definition) is 2. The van der Waals surface area contributed by atoms with Crippen LogP contribution in [-0.2, 0) is 27.3 Å². The van der Waals surface area contributed by atoms with Gasteiger partial charge in [0.05, 0.1) is 0 Å². The van der Waals surface area contributed by atoms with Gasteiger partial charge in [-0.05, 0) is 70.1 Å². The Bertz CT molecular complexity index is 1040. The molecule has 0 aromatic heterocycles. The molecule has 2 N–H and O–H groups in total. The van der Waals surface area contributed by atoms with Crippen LogP contribution >= 0.6 is 0 Å². The molecule has 0 bridgehead atoms. The quantitative estimate of drug-likeness (QED) is 0.391. The van der Waals surface area contributed by atoms with Gasteiger partial charge in [0.15, 0.2) is 0 Å². The summed E-state index contributed by atoms with van der Waals surface area (Å²) in [5.74, 6) is -0.471. The Balaban J connectivity index is 2.45. The van der Waals surface area contributed by atoms with Crippen molar-refractivity contribution in [2.45, 2.75) is 98.5 Å². The highest BCUT2D eigenvalue weighted by molar-refractivity contribution is 5.92. The van der Waals surface area contributed by atoms with Crippen molar-refractivity contribution in [3.05, 3.63) is 71.3 Å². The minimum Gasteiger partial charge on any atom is -0.444 e. The topological polar surface area (TPSA) is 87.7 Å². The maximum atomic E-state index is 14.1. The maximum absolute atomic E-state index is 14.1. The molecule has 0 aliphatic rings. The predicted octanol–water partition coefficient (Wildman–Crippen LogP) is 5.78. The third kappa shape index (κ3) is 9.51. The largest absolute Gasteiger partial charge is 0.444 e. The maximum Gasteiger partial charge on any atom is 0.408 e. The molecule has 0 saturated carbocycles. The third-order valence-corrected chi connectivity index (χ3v) is 6.05. The number of hydrogen-bond acceptors (Lipinski definition) is 4. The van der Waals surface area contributed by atoms with E-state index in [9.17, 15) is 14.4 Å². The van der Waals surface area contributed by atoms with Gasteiger partial charge in [-0.1, -0.05) is 75.4 Å². The number of ether oxygens (including phenoxy) is 1. The zero-order chi connectivity index (χ0) is 28.5. The lowest BCUT2D eigenvalue weighted by atomic mass is 9.97. The zero-order valence-corrected chi connectivity index (χ0v) is 24.2. The molecule has 0 spiro atoms. The standard InChI is InChI=1S/C31H45N3O4/c1-9-23-15-17-25(18-16-23)27(28(35)32-20-24-13-11-10-12-14-24)34(22(4)5)29(36)26(19-21(2)3)33-30(37)38-31(6,7)8/h10-18,21-22,26-27H,9,19-20H2,1-8H3,(H,32,35)(H,33,37). The van der Waals surface area contributed by atoms with Gasteiger partial charge in [-0.3, -0.25) is 9.59 Å². The Kier molecular flexibility index (Phi) is 11.4. The van der Waals surface area contributed by atoms with Gasteiger partial charge < -0.3 is 20.3 Å². The molecular formula is C31H45N3O4. The van der Waals surface area contributed by atoms with Crippen molar-refractivity contribution in [1.29, 1.82) is 0 Å². The van der Waals surface area contributed by atoms with Crippen LogP contribution in [0, 0.1) is 5.92 Å². The minimum atomic E-state index is -0.868. The second kappa shape index (κ2) is 14.0. The average Bonchev–Trinajstić information content (AvgIpc) is 2.84. The van der Waals surface area contributed by atoms with Crippen molar-refractivity contribution in [3.8, 4) is 0 Å². The lowest BCUT2D eigenvalue weighted by Gasteiger charge is -2.37. The van der Waals surface area contributed by atoms with E-state index in [1.54, 1.807) is 25.7 Å². The molecule has 0 heterocycles. The zero-order valence-electron chi connectivity index (χ0n) is 24.2. The van der Waals surface area contributed by atoms with Crippen LogP contribution < -0.4 is 10.6 Å². The van der Waals surface area contributed by atoms with E-state index in [2.05, 4.69) is 17.6 Å². The molecule has 3 amide bonds. The minimum absolute atomic E-state index is 0.127. The Morgan fingerprint density at radius 3 is 2.00 bits per heavy atom. The Morgan fingerprint density at radius 1 is 0.895 bits per heavy atom. The van der Waals surface area contributed by atoms with E-state index in [0.29, 0.717) is 13.0 Å². The summed E-state index contributed by atoms with van der Waals surface area (Å²) >= 11 is 0. The third-order valence-electron chi connectivity index (χ3n) is 6.05. The fourth-order valence-corrected chi connectivity index (χ4v) is 4.26. The second-order valence-electron chi connectivity index (χ2n) is 11.4. The van der Waals surface area contributed by atoms with Crippen molar-refractivity contribution < 1.29 is 19.1 Å². The highest BCUT2D eigenvalue weighted by Gasteiger charge is 2.38. The molecule has 0 radical (unpaired) electrons. The molecule has 2 atom stereocenters.